The number of nitrogens with zero attached hydrogens (tertiary/aromatic N) is 1. The molecular weight excluding hydrogens is 493 g/mol. The molecule has 0 aliphatic carbocycles. The van der Waals surface area contributed by atoms with Crippen LogP contribution in [0.3, 0.4) is 0 Å². The van der Waals surface area contributed by atoms with Gasteiger partial charge in [-0.2, -0.15) is 0 Å². The molecule has 1 aliphatic heterocycles. The number of carbonyl (C=O) groups is 1. The largest absolute Gasteiger partial charge is 0.478 e. The van der Waals surface area contributed by atoms with Crippen molar-refractivity contribution >= 4 is 40.6 Å². The van der Waals surface area contributed by atoms with Gasteiger partial charge in [-0.15, -0.1) is 0 Å². The van der Waals surface area contributed by atoms with E-state index in [0.717, 1.165) is 40.2 Å². The highest BCUT2D eigenvalue weighted by Crippen LogP contribution is 2.36. The van der Waals surface area contributed by atoms with Crippen molar-refractivity contribution in [3.63, 3.8) is 0 Å². The van der Waals surface area contributed by atoms with Crippen molar-refractivity contribution in [2.75, 3.05) is 13.2 Å². The zero-order valence-electron chi connectivity index (χ0n) is 20.0. The molecular formula is C30H25ClFNO4. The standard InChI is InChI=1S/C30H25ClFNO4/c31-24-8-6-21-7-11-26(33-28(21)19-24)10-5-20-3-1-4-23(17-20)30(36-15-2-16-37-30)14-13-22-18-25(32)9-12-27(22)29(34)35/h1,3-12,17-19H,2,13-16H2,(H,34,35)/b10-5+. The molecule has 7 heteroatoms. The Morgan fingerprint density at radius 2 is 1.84 bits per heavy atom. The van der Waals surface area contributed by atoms with Gasteiger partial charge in [-0.05, 0) is 72.5 Å². The third kappa shape index (κ3) is 5.72. The zero-order valence-corrected chi connectivity index (χ0v) is 20.7. The topological polar surface area (TPSA) is 68.7 Å². The fraction of sp³-hybridized carbons (Fsp3) is 0.200. The van der Waals surface area contributed by atoms with E-state index in [1.807, 2.05) is 66.7 Å². The van der Waals surface area contributed by atoms with Crippen LogP contribution < -0.4 is 0 Å². The summed E-state index contributed by atoms with van der Waals surface area (Å²) in [6.45, 7) is 1.02. The first-order valence-corrected chi connectivity index (χ1v) is 12.4. The van der Waals surface area contributed by atoms with E-state index < -0.39 is 17.6 Å². The van der Waals surface area contributed by atoms with E-state index in [9.17, 15) is 14.3 Å². The average Bonchev–Trinajstić information content (AvgIpc) is 2.91. The summed E-state index contributed by atoms with van der Waals surface area (Å²) in [5.41, 5.74) is 3.86. The van der Waals surface area contributed by atoms with Crippen LogP contribution in [0.25, 0.3) is 23.1 Å². The molecule has 0 unspecified atom stereocenters. The van der Waals surface area contributed by atoms with E-state index in [-0.39, 0.29) is 12.0 Å². The summed E-state index contributed by atoms with van der Waals surface area (Å²) in [5, 5.41) is 11.2. The number of rotatable bonds is 7. The number of carboxylic acids is 1. The van der Waals surface area contributed by atoms with E-state index in [4.69, 9.17) is 21.1 Å². The second kappa shape index (κ2) is 10.8. The van der Waals surface area contributed by atoms with Gasteiger partial charge in [0.2, 0.25) is 0 Å². The third-order valence-corrected chi connectivity index (χ3v) is 6.66. The molecule has 188 valence electrons. The molecule has 0 radical (unpaired) electrons. The molecule has 1 fully saturated rings. The molecule has 3 aromatic carbocycles. The van der Waals surface area contributed by atoms with Crippen molar-refractivity contribution in [2.24, 2.45) is 0 Å². The monoisotopic (exact) mass is 517 g/mol. The van der Waals surface area contributed by atoms with E-state index in [1.165, 1.54) is 12.1 Å². The summed E-state index contributed by atoms with van der Waals surface area (Å²) in [5.74, 6) is -2.62. The van der Waals surface area contributed by atoms with Crippen LogP contribution in [0.4, 0.5) is 4.39 Å². The molecule has 37 heavy (non-hydrogen) atoms. The van der Waals surface area contributed by atoms with Crippen molar-refractivity contribution < 1.29 is 23.8 Å². The van der Waals surface area contributed by atoms with Gasteiger partial charge in [-0.25, -0.2) is 14.2 Å². The predicted molar refractivity (Wildman–Crippen MR) is 142 cm³/mol. The second-order valence-electron chi connectivity index (χ2n) is 8.94. The maximum Gasteiger partial charge on any atom is 0.335 e. The normalized spacial score (nSPS) is 15.3. The number of fused-ring (bicyclic) bond motifs is 1. The Bertz CT molecular complexity index is 1480. The molecule has 1 saturated heterocycles. The van der Waals surface area contributed by atoms with Gasteiger partial charge in [-0.1, -0.05) is 48.0 Å². The van der Waals surface area contributed by atoms with Crippen LogP contribution in [0.2, 0.25) is 5.02 Å². The van der Waals surface area contributed by atoms with Crippen molar-refractivity contribution in [3.8, 4) is 0 Å². The minimum atomic E-state index is -1.09. The van der Waals surface area contributed by atoms with Crippen LogP contribution in [0, 0.1) is 5.82 Å². The van der Waals surface area contributed by atoms with Crippen molar-refractivity contribution in [1.29, 1.82) is 0 Å². The summed E-state index contributed by atoms with van der Waals surface area (Å²) in [6, 6.07) is 21.1. The van der Waals surface area contributed by atoms with Gasteiger partial charge >= 0.3 is 5.97 Å². The van der Waals surface area contributed by atoms with Crippen LogP contribution >= 0.6 is 11.6 Å². The minimum absolute atomic E-state index is 0.0771. The molecule has 0 saturated carbocycles. The Labute approximate surface area is 219 Å². The number of aromatic nitrogens is 1. The third-order valence-electron chi connectivity index (χ3n) is 6.43. The number of benzene rings is 3. The van der Waals surface area contributed by atoms with Gasteiger partial charge < -0.3 is 14.6 Å². The number of hydrogen-bond donors (Lipinski definition) is 1. The smallest absolute Gasteiger partial charge is 0.335 e. The van der Waals surface area contributed by atoms with Gasteiger partial charge in [0.05, 0.1) is 30.0 Å². The first kappa shape index (κ1) is 25.1. The van der Waals surface area contributed by atoms with Crippen molar-refractivity contribution in [3.05, 3.63) is 112 Å². The number of carboxylic acid groups (broad SMARTS) is 1. The van der Waals surface area contributed by atoms with Crippen LogP contribution in [0.5, 0.6) is 0 Å². The summed E-state index contributed by atoms with van der Waals surface area (Å²) < 4.78 is 26.2. The Morgan fingerprint density at radius 1 is 1.03 bits per heavy atom. The molecule has 5 nitrogen and oxygen atoms in total. The lowest BCUT2D eigenvalue weighted by Crippen LogP contribution is -2.38. The van der Waals surface area contributed by atoms with Crippen LogP contribution in [-0.2, 0) is 21.7 Å². The maximum atomic E-state index is 13.9. The second-order valence-corrected chi connectivity index (χ2v) is 9.38. The highest BCUT2D eigenvalue weighted by atomic mass is 35.5. The Balaban J connectivity index is 1.41. The van der Waals surface area contributed by atoms with Gasteiger partial charge in [0.25, 0.3) is 0 Å². The SMILES string of the molecule is O=C(O)c1ccc(F)cc1CCC1(c2cccc(/C=C/c3ccc4ccc(Cl)cc4n3)c2)OCCCO1. The van der Waals surface area contributed by atoms with E-state index >= 15 is 0 Å². The zero-order chi connectivity index (χ0) is 25.8. The first-order chi connectivity index (χ1) is 17.9. The lowest BCUT2D eigenvalue weighted by molar-refractivity contribution is -0.279. The number of hydrogen-bond acceptors (Lipinski definition) is 4. The van der Waals surface area contributed by atoms with Gasteiger partial charge in [0.15, 0.2) is 5.79 Å². The minimum Gasteiger partial charge on any atom is -0.478 e. The molecule has 2 heterocycles. The molecule has 1 N–H and O–H groups in total. The van der Waals surface area contributed by atoms with E-state index in [2.05, 4.69) is 4.98 Å². The molecule has 0 atom stereocenters. The molecule has 1 aliphatic rings. The number of aryl methyl sites for hydroxylation is 1. The average molecular weight is 518 g/mol. The van der Waals surface area contributed by atoms with Gasteiger partial charge in [0.1, 0.15) is 5.82 Å². The summed E-state index contributed by atoms with van der Waals surface area (Å²) in [6.07, 6.45) is 5.29. The Hall–Kier alpha value is -3.58. The van der Waals surface area contributed by atoms with Gasteiger partial charge in [-0.3, -0.25) is 0 Å². The van der Waals surface area contributed by atoms with Crippen LogP contribution in [0.1, 0.15) is 45.6 Å². The van der Waals surface area contributed by atoms with Crippen molar-refractivity contribution in [1.82, 2.24) is 4.98 Å². The number of pyridine rings is 1. The van der Waals surface area contributed by atoms with Crippen LogP contribution in [-0.4, -0.2) is 29.3 Å². The molecule has 0 bridgehead atoms. The molecule has 5 rings (SSSR count). The lowest BCUT2D eigenvalue weighted by Gasteiger charge is -2.38. The Morgan fingerprint density at radius 3 is 2.65 bits per heavy atom. The maximum absolute atomic E-state index is 13.9. The number of halogens is 2. The molecule has 4 aromatic rings. The van der Waals surface area contributed by atoms with E-state index in [1.54, 1.807) is 0 Å². The summed E-state index contributed by atoms with van der Waals surface area (Å²) in [4.78, 5) is 16.3. The highest BCUT2D eigenvalue weighted by Gasteiger charge is 2.37. The highest BCUT2D eigenvalue weighted by molar-refractivity contribution is 6.31. The molecule has 1 aromatic heterocycles. The fourth-order valence-corrected chi connectivity index (χ4v) is 4.73. The molecule has 0 amide bonds. The quantitative estimate of drug-likeness (QED) is 0.283. The molecule has 0 spiro atoms. The number of aromatic carboxylic acids is 1. The first-order valence-electron chi connectivity index (χ1n) is 12.1. The van der Waals surface area contributed by atoms with Gasteiger partial charge in [0, 0.05) is 22.4 Å². The summed E-state index contributed by atoms with van der Waals surface area (Å²) in [7, 11) is 0. The summed E-state index contributed by atoms with van der Waals surface area (Å²) >= 11 is 6.12. The fourth-order valence-electron chi connectivity index (χ4n) is 4.57. The predicted octanol–water partition coefficient (Wildman–Crippen LogP) is 7.12. The van der Waals surface area contributed by atoms with Crippen molar-refractivity contribution in [2.45, 2.75) is 25.0 Å². The number of ether oxygens (including phenoxy) is 2. The van der Waals surface area contributed by atoms with Crippen LogP contribution in [0.15, 0.2) is 72.8 Å². The lowest BCUT2D eigenvalue weighted by atomic mass is 9.93. The van der Waals surface area contributed by atoms with E-state index in [0.29, 0.717) is 30.2 Å². The Kier molecular flexibility index (Phi) is 7.33.